The molecule has 1 aromatic carbocycles. The molecule has 0 bridgehead atoms. The van der Waals surface area contributed by atoms with Gasteiger partial charge in [-0.2, -0.15) is 23.5 Å². The zero-order valence-electron chi connectivity index (χ0n) is 37.9. The standard InChI is InChI=1S/C41H57N9O18S2/c1-19(51)34-41(68)43-14-29(53)45-23(7-10-30(54)55)36(63)49-27(35(42)62)17-69-15-21-5-3-4-6-22(21)16-70-18-28(44-20(2)52)40(67)48-26(13-33(60)61)39(66)47-24(8-11-31(56)57)37(64)46-25(38(65)50-34)9-12-32(58)59/h3-6,19,23-28,34,51H,7-18H2,1-2H3,(H2,42,62)(H,43,68)(H,44,52)(H,45,53)(H,46,64)(H,47,66)(H,48,67)(H,49,63)(H,50,65)(H,54,55)(H,56,57)(H,58,59)(H,60,61)/t19-,23+,24+,25+,26+,27+,28+,34+/m1/s1. The third kappa shape index (κ3) is 22.0. The first-order valence-electron chi connectivity index (χ1n) is 21.3. The molecule has 1 heterocycles. The Balaban J connectivity index is 2.65. The fraction of sp³-hybridized carbons (Fsp3) is 0.537. The van der Waals surface area contributed by atoms with Crippen LogP contribution in [-0.4, -0.2) is 169 Å². The molecule has 0 saturated carbocycles. The van der Waals surface area contributed by atoms with E-state index in [4.69, 9.17) is 5.73 Å². The van der Waals surface area contributed by atoms with Gasteiger partial charge in [0.2, 0.25) is 53.2 Å². The highest BCUT2D eigenvalue weighted by Gasteiger charge is 2.35. The molecule has 9 amide bonds. The van der Waals surface area contributed by atoms with Crippen LogP contribution in [0.3, 0.4) is 0 Å². The van der Waals surface area contributed by atoms with Crippen molar-refractivity contribution in [2.24, 2.45) is 5.73 Å². The predicted molar refractivity (Wildman–Crippen MR) is 245 cm³/mol. The summed E-state index contributed by atoms with van der Waals surface area (Å²) in [5, 5.41) is 66.1. The van der Waals surface area contributed by atoms with Gasteiger partial charge in [0.05, 0.1) is 19.1 Å². The summed E-state index contributed by atoms with van der Waals surface area (Å²) in [7, 11) is 0. The summed E-state index contributed by atoms with van der Waals surface area (Å²) in [5.41, 5.74) is 7.04. The third-order valence-corrected chi connectivity index (χ3v) is 12.1. The SMILES string of the molecule is CC(=O)N[C@H]1CSCc2ccccc2CSC[C@@H](C(N)=O)NC(=O)[C@H](CCC(=O)O)NC(=O)CNC(=O)[C@H]([C@@H](C)O)NC(=O)[C@H](CCC(=O)O)NC(=O)[C@H](CCC(=O)O)NC(=O)[C@H](CC(=O)O)NC1=O. The fourth-order valence-corrected chi connectivity index (χ4v) is 8.49. The number of carboxylic acids is 4. The summed E-state index contributed by atoms with van der Waals surface area (Å²) in [6.07, 6.45) is -6.99. The quantitative estimate of drug-likeness (QED) is 0.0837. The van der Waals surface area contributed by atoms with E-state index in [2.05, 4.69) is 42.5 Å². The molecule has 386 valence electrons. The summed E-state index contributed by atoms with van der Waals surface area (Å²) >= 11 is 2.30. The number of carbonyl (C=O) groups is 13. The third-order valence-electron chi connectivity index (χ3n) is 9.91. The summed E-state index contributed by atoms with van der Waals surface area (Å²) in [6.45, 7) is 1.18. The normalized spacial score (nSPS) is 23.6. The van der Waals surface area contributed by atoms with Gasteiger partial charge in [-0.15, -0.1) is 0 Å². The second kappa shape index (κ2) is 29.8. The number of aliphatic carboxylic acids is 4. The number of benzene rings is 1. The van der Waals surface area contributed by atoms with Crippen molar-refractivity contribution < 1.29 is 87.9 Å². The number of hydrogen-bond acceptors (Lipinski definition) is 16. The molecule has 2 rings (SSSR count). The van der Waals surface area contributed by atoms with E-state index in [-0.39, 0.29) is 23.0 Å². The van der Waals surface area contributed by atoms with Crippen molar-refractivity contribution in [3.8, 4) is 0 Å². The van der Waals surface area contributed by atoms with Gasteiger partial charge in [0.25, 0.3) is 0 Å². The Morgan fingerprint density at radius 2 is 1.07 bits per heavy atom. The summed E-state index contributed by atoms with van der Waals surface area (Å²) < 4.78 is 0. The van der Waals surface area contributed by atoms with E-state index in [0.717, 1.165) is 48.5 Å². The maximum absolute atomic E-state index is 13.7. The van der Waals surface area contributed by atoms with Gasteiger partial charge in [-0.3, -0.25) is 62.3 Å². The number of thioether (sulfide) groups is 2. The van der Waals surface area contributed by atoms with Crippen LogP contribution >= 0.6 is 23.5 Å². The molecule has 0 aliphatic carbocycles. The fourth-order valence-electron chi connectivity index (χ4n) is 6.30. The number of rotatable bonds is 14. The zero-order chi connectivity index (χ0) is 52.7. The average Bonchev–Trinajstić information content (AvgIpc) is 3.26. The Labute approximate surface area is 407 Å². The van der Waals surface area contributed by atoms with Crippen LogP contribution in [0.25, 0.3) is 0 Å². The number of aliphatic hydroxyl groups is 1. The van der Waals surface area contributed by atoms with Crippen LogP contribution in [0, 0.1) is 0 Å². The van der Waals surface area contributed by atoms with E-state index in [0.29, 0.717) is 0 Å². The molecular weight excluding hydrogens is 971 g/mol. The van der Waals surface area contributed by atoms with Crippen molar-refractivity contribution in [1.82, 2.24) is 42.5 Å². The maximum atomic E-state index is 13.7. The topological polar surface area (TPSA) is 445 Å². The Morgan fingerprint density at radius 3 is 1.53 bits per heavy atom. The molecule has 8 atom stereocenters. The number of nitrogens with one attached hydrogen (secondary N) is 8. The zero-order valence-corrected chi connectivity index (χ0v) is 39.5. The van der Waals surface area contributed by atoms with Gasteiger partial charge in [-0.25, -0.2) is 0 Å². The summed E-state index contributed by atoms with van der Waals surface area (Å²) in [4.78, 5) is 166. The number of carbonyl (C=O) groups excluding carboxylic acids is 9. The molecule has 0 saturated heterocycles. The number of nitrogens with two attached hydrogens (primary N) is 1. The molecule has 0 unspecified atom stereocenters. The van der Waals surface area contributed by atoms with Crippen LogP contribution in [-0.2, 0) is 73.8 Å². The van der Waals surface area contributed by atoms with Gasteiger partial charge in [-0.05, 0) is 37.3 Å². The molecule has 15 N–H and O–H groups in total. The van der Waals surface area contributed by atoms with Gasteiger partial charge >= 0.3 is 23.9 Å². The van der Waals surface area contributed by atoms with Crippen molar-refractivity contribution in [3.05, 3.63) is 35.4 Å². The lowest BCUT2D eigenvalue weighted by atomic mass is 10.0. The lowest BCUT2D eigenvalue weighted by molar-refractivity contribution is -0.142. The molecule has 0 spiro atoms. The first kappa shape index (κ1) is 59.1. The Morgan fingerprint density at radius 1 is 0.629 bits per heavy atom. The molecule has 29 heteroatoms. The smallest absolute Gasteiger partial charge is 0.305 e. The summed E-state index contributed by atoms with van der Waals surface area (Å²) in [5.74, 6) is -15.7. The minimum Gasteiger partial charge on any atom is -0.481 e. The number of fused-ring (bicyclic) bond motifs is 1. The minimum atomic E-state index is -1.95. The molecular formula is C41H57N9O18S2. The van der Waals surface area contributed by atoms with Gasteiger partial charge in [0.15, 0.2) is 0 Å². The Hall–Kier alpha value is -7.01. The number of primary amides is 1. The van der Waals surface area contributed by atoms with Gasteiger partial charge in [0, 0.05) is 49.2 Å². The maximum Gasteiger partial charge on any atom is 0.305 e. The van der Waals surface area contributed by atoms with Gasteiger partial charge in [-0.1, -0.05) is 24.3 Å². The number of hydrogen-bond donors (Lipinski definition) is 14. The predicted octanol–water partition coefficient (Wildman–Crippen LogP) is -4.37. The first-order valence-corrected chi connectivity index (χ1v) is 23.6. The highest BCUT2D eigenvalue weighted by molar-refractivity contribution is 7.98. The van der Waals surface area contributed by atoms with E-state index in [1.54, 1.807) is 24.3 Å². The lowest BCUT2D eigenvalue weighted by Gasteiger charge is -2.27. The monoisotopic (exact) mass is 1030 g/mol. The number of amides is 9. The van der Waals surface area contributed by atoms with Crippen molar-refractivity contribution >= 4 is 101 Å². The van der Waals surface area contributed by atoms with E-state index in [1.165, 1.54) is 0 Å². The van der Waals surface area contributed by atoms with Crippen LogP contribution in [0.4, 0.5) is 0 Å². The highest BCUT2D eigenvalue weighted by Crippen LogP contribution is 2.22. The average molecular weight is 1030 g/mol. The molecule has 0 fully saturated rings. The van der Waals surface area contributed by atoms with Crippen LogP contribution in [0.2, 0.25) is 0 Å². The Kier molecular flexibility index (Phi) is 25.2. The van der Waals surface area contributed by atoms with Crippen molar-refractivity contribution in [3.63, 3.8) is 0 Å². The van der Waals surface area contributed by atoms with Crippen LogP contribution in [0.15, 0.2) is 24.3 Å². The van der Waals surface area contributed by atoms with Crippen molar-refractivity contribution in [2.75, 3.05) is 18.1 Å². The molecule has 27 nitrogen and oxygen atoms in total. The molecule has 1 aliphatic rings. The highest BCUT2D eigenvalue weighted by atomic mass is 32.2. The van der Waals surface area contributed by atoms with Gasteiger partial charge < -0.3 is 73.8 Å². The lowest BCUT2D eigenvalue weighted by Crippen LogP contribution is -2.61. The summed E-state index contributed by atoms with van der Waals surface area (Å²) in [6, 6.07) is -5.05. The molecule has 1 aromatic rings. The number of carboxylic acid groups (broad SMARTS) is 4. The van der Waals surface area contributed by atoms with Crippen LogP contribution in [0.5, 0.6) is 0 Å². The van der Waals surface area contributed by atoms with E-state index < -0.39 is 177 Å². The molecule has 0 radical (unpaired) electrons. The molecule has 0 aromatic heterocycles. The first-order chi connectivity index (χ1) is 32.9. The minimum absolute atomic E-state index is 0.109. The Bertz CT molecular complexity index is 2130. The molecule has 1 aliphatic heterocycles. The van der Waals surface area contributed by atoms with Crippen molar-refractivity contribution in [2.45, 2.75) is 119 Å². The van der Waals surface area contributed by atoms with Crippen LogP contribution < -0.4 is 48.3 Å². The van der Waals surface area contributed by atoms with E-state index in [1.807, 2.05) is 0 Å². The van der Waals surface area contributed by atoms with E-state index >= 15 is 0 Å². The molecule has 70 heavy (non-hydrogen) atoms. The van der Waals surface area contributed by atoms with E-state index in [9.17, 15) is 87.9 Å². The second-order valence-corrected chi connectivity index (χ2v) is 17.7. The van der Waals surface area contributed by atoms with Crippen molar-refractivity contribution in [1.29, 1.82) is 0 Å². The second-order valence-electron chi connectivity index (χ2n) is 15.7. The van der Waals surface area contributed by atoms with Gasteiger partial charge in [0.1, 0.15) is 42.3 Å². The number of aliphatic hydroxyl groups excluding tert-OH is 1. The van der Waals surface area contributed by atoms with Crippen LogP contribution in [0.1, 0.15) is 69.9 Å². The largest absolute Gasteiger partial charge is 0.481 e.